The van der Waals surface area contributed by atoms with Crippen LogP contribution in [0.25, 0.3) is 11.5 Å². The van der Waals surface area contributed by atoms with Gasteiger partial charge in [0.1, 0.15) is 23.7 Å². The number of carbonyl (C=O) groups excluding carboxylic acids is 1. The molecule has 0 aromatic carbocycles. The highest BCUT2D eigenvalue weighted by Crippen LogP contribution is 2.19. The monoisotopic (exact) mass is 288 g/mol. The molecule has 0 saturated heterocycles. The average molecular weight is 288 g/mol. The van der Waals surface area contributed by atoms with Gasteiger partial charge in [0.25, 0.3) is 5.56 Å². The molecule has 2 rings (SSSR count). The predicted octanol–water partition coefficient (Wildman–Crippen LogP) is 0.696. The van der Waals surface area contributed by atoms with Crippen molar-refractivity contribution in [2.75, 3.05) is 12.3 Å². The number of anilines is 1. The van der Waals surface area contributed by atoms with Crippen LogP contribution >= 0.6 is 0 Å². The number of rotatable bonds is 5. The number of amides is 1. The molecule has 3 N–H and O–H groups in total. The van der Waals surface area contributed by atoms with E-state index in [9.17, 15) is 9.59 Å². The van der Waals surface area contributed by atoms with Gasteiger partial charge in [0.05, 0.1) is 0 Å². The molecule has 7 nitrogen and oxygen atoms in total. The first-order valence-corrected chi connectivity index (χ1v) is 6.33. The SMILES string of the molecule is C=CCNC(=O)Cn1nc(-c2ccc(C)o2)cc(N)c1=O. The van der Waals surface area contributed by atoms with Crippen LogP contribution in [0.2, 0.25) is 0 Å². The molecule has 0 radical (unpaired) electrons. The Morgan fingerprint density at radius 3 is 2.95 bits per heavy atom. The number of nitrogen functional groups attached to an aromatic ring is 1. The summed E-state index contributed by atoms with van der Waals surface area (Å²) in [6, 6.07) is 4.93. The lowest BCUT2D eigenvalue weighted by molar-refractivity contribution is -0.121. The summed E-state index contributed by atoms with van der Waals surface area (Å²) >= 11 is 0. The third kappa shape index (κ3) is 3.38. The van der Waals surface area contributed by atoms with Crippen molar-refractivity contribution in [3.8, 4) is 11.5 Å². The summed E-state index contributed by atoms with van der Waals surface area (Å²) in [5.74, 6) is 0.850. The van der Waals surface area contributed by atoms with Crippen LogP contribution in [0.1, 0.15) is 5.76 Å². The molecule has 2 aromatic rings. The van der Waals surface area contributed by atoms with Crippen LogP contribution < -0.4 is 16.6 Å². The number of hydrogen-bond donors (Lipinski definition) is 2. The van der Waals surface area contributed by atoms with Gasteiger partial charge in [-0.1, -0.05) is 6.08 Å². The third-order valence-electron chi connectivity index (χ3n) is 2.73. The largest absolute Gasteiger partial charge is 0.460 e. The highest BCUT2D eigenvalue weighted by Gasteiger charge is 2.12. The summed E-state index contributed by atoms with van der Waals surface area (Å²) in [5, 5.41) is 6.68. The van der Waals surface area contributed by atoms with Gasteiger partial charge in [-0.05, 0) is 25.1 Å². The number of carbonyl (C=O) groups is 1. The maximum absolute atomic E-state index is 11.9. The Labute approximate surface area is 121 Å². The smallest absolute Gasteiger partial charge is 0.290 e. The summed E-state index contributed by atoms with van der Waals surface area (Å²) in [4.78, 5) is 23.6. The normalized spacial score (nSPS) is 10.3. The van der Waals surface area contributed by atoms with Crippen molar-refractivity contribution in [2.24, 2.45) is 0 Å². The van der Waals surface area contributed by atoms with Crippen LogP contribution in [0.15, 0.2) is 40.1 Å². The zero-order valence-electron chi connectivity index (χ0n) is 11.6. The Hall–Kier alpha value is -2.83. The van der Waals surface area contributed by atoms with Gasteiger partial charge < -0.3 is 15.5 Å². The van der Waals surface area contributed by atoms with Crippen molar-refractivity contribution in [3.05, 3.63) is 47.0 Å². The molecule has 0 unspecified atom stereocenters. The molecule has 0 aliphatic heterocycles. The van der Waals surface area contributed by atoms with Crippen molar-refractivity contribution >= 4 is 11.6 Å². The minimum Gasteiger partial charge on any atom is -0.460 e. The Morgan fingerprint density at radius 2 is 2.33 bits per heavy atom. The maximum atomic E-state index is 11.9. The summed E-state index contributed by atoms with van der Waals surface area (Å²) in [6.07, 6.45) is 1.55. The number of nitrogens with zero attached hydrogens (tertiary/aromatic N) is 2. The second-order valence-electron chi connectivity index (χ2n) is 4.45. The van der Waals surface area contributed by atoms with Crippen LogP contribution in [0.5, 0.6) is 0 Å². The van der Waals surface area contributed by atoms with Crippen LogP contribution in [0.4, 0.5) is 5.69 Å². The lowest BCUT2D eigenvalue weighted by atomic mass is 10.3. The Balaban J connectivity index is 2.33. The van der Waals surface area contributed by atoms with Crippen molar-refractivity contribution in [3.63, 3.8) is 0 Å². The molecule has 2 heterocycles. The van der Waals surface area contributed by atoms with Gasteiger partial charge >= 0.3 is 0 Å². The molecule has 0 atom stereocenters. The first kappa shape index (κ1) is 14.6. The first-order valence-electron chi connectivity index (χ1n) is 6.33. The fourth-order valence-electron chi connectivity index (χ4n) is 1.74. The average Bonchev–Trinajstić information content (AvgIpc) is 2.88. The van der Waals surface area contributed by atoms with Gasteiger partial charge in [0.15, 0.2) is 5.76 Å². The third-order valence-corrected chi connectivity index (χ3v) is 2.73. The predicted molar refractivity (Wildman–Crippen MR) is 78.6 cm³/mol. The van der Waals surface area contributed by atoms with E-state index in [-0.39, 0.29) is 18.1 Å². The van der Waals surface area contributed by atoms with Crippen LogP contribution in [-0.2, 0) is 11.3 Å². The van der Waals surface area contributed by atoms with E-state index in [0.29, 0.717) is 23.8 Å². The lowest BCUT2D eigenvalue weighted by Crippen LogP contribution is -2.34. The van der Waals surface area contributed by atoms with Crippen LogP contribution in [0, 0.1) is 6.92 Å². The second kappa shape index (κ2) is 6.08. The van der Waals surface area contributed by atoms with Crippen LogP contribution in [0.3, 0.4) is 0 Å². The molecule has 0 spiro atoms. The maximum Gasteiger partial charge on any atom is 0.290 e. The van der Waals surface area contributed by atoms with Crippen molar-refractivity contribution in [1.29, 1.82) is 0 Å². The minimum atomic E-state index is -0.518. The quantitative estimate of drug-likeness (QED) is 0.788. The summed E-state index contributed by atoms with van der Waals surface area (Å²) in [5.41, 5.74) is 5.57. The van der Waals surface area contributed by atoms with E-state index in [1.165, 1.54) is 6.07 Å². The van der Waals surface area contributed by atoms with E-state index in [0.717, 1.165) is 4.68 Å². The highest BCUT2D eigenvalue weighted by molar-refractivity contribution is 5.75. The van der Waals surface area contributed by atoms with Gasteiger partial charge in [-0.15, -0.1) is 6.58 Å². The molecule has 110 valence electrons. The van der Waals surface area contributed by atoms with Gasteiger partial charge in [0.2, 0.25) is 5.91 Å². The molecule has 21 heavy (non-hydrogen) atoms. The van der Waals surface area contributed by atoms with E-state index in [2.05, 4.69) is 17.0 Å². The molecule has 2 aromatic heterocycles. The van der Waals surface area contributed by atoms with Gasteiger partial charge in [0, 0.05) is 6.54 Å². The summed E-state index contributed by atoms with van der Waals surface area (Å²) in [6.45, 7) is 5.40. The van der Waals surface area contributed by atoms with Crippen molar-refractivity contribution in [2.45, 2.75) is 13.5 Å². The topological polar surface area (TPSA) is 103 Å². The Bertz CT molecular complexity index is 730. The second-order valence-corrected chi connectivity index (χ2v) is 4.45. The number of nitrogens with two attached hydrogens (primary N) is 1. The highest BCUT2D eigenvalue weighted by atomic mass is 16.3. The number of aryl methyl sites for hydroxylation is 1. The number of hydrogen-bond acceptors (Lipinski definition) is 5. The molecule has 0 aliphatic carbocycles. The van der Waals surface area contributed by atoms with E-state index in [4.69, 9.17) is 10.2 Å². The number of aromatic nitrogens is 2. The van der Waals surface area contributed by atoms with E-state index in [1.54, 1.807) is 25.1 Å². The Kier molecular flexibility index (Phi) is 4.22. The molecule has 0 saturated carbocycles. The zero-order valence-corrected chi connectivity index (χ0v) is 11.6. The van der Waals surface area contributed by atoms with Gasteiger partial charge in [-0.3, -0.25) is 9.59 Å². The van der Waals surface area contributed by atoms with Crippen molar-refractivity contribution < 1.29 is 9.21 Å². The fourth-order valence-corrected chi connectivity index (χ4v) is 1.74. The Morgan fingerprint density at radius 1 is 1.57 bits per heavy atom. The van der Waals surface area contributed by atoms with Crippen LogP contribution in [-0.4, -0.2) is 22.2 Å². The lowest BCUT2D eigenvalue weighted by Gasteiger charge is -2.07. The zero-order chi connectivity index (χ0) is 15.4. The fraction of sp³-hybridized carbons (Fsp3) is 0.214. The summed E-state index contributed by atoms with van der Waals surface area (Å²) in [7, 11) is 0. The molecule has 7 heteroatoms. The van der Waals surface area contributed by atoms with Gasteiger partial charge in [-0.2, -0.15) is 5.10 Å². The first-order chi connectivity index (χ1) is 10.0. The molecular weight excluding hydrogens is 272 g/mol. The molecule has 0 aliphatic rings. The number of nitrogens with one attached hydrogen (secondary N) is 1. The van der Waals surface area contributed by atoms with Crippen molar-refractivity contribution in [1.82, 2.24) is 15.1 Å². The molecule has 0 fully saturated rings. The minimum absolute atomic E-state index is 0.00516. The molecule has 1 amide bonds. The van der Waals surface area contributed by atoms with E-state index in [1.807, 2.05) is 0 Å². The molecule has 0 bridgehead atoms. The van der Waals surface area contributed by atoms with Gasteiger partial charge in [-0.25, -0.2) is 4.68 Å². The number of furan rings is 1. The summed E-state index contributed by atoms with van der Waals surface area (Å²) < 4.78 is 6.46. The van der Waals surface area contributed by atoms with E-state index < -0.39 is 5.56 Å². The van der Waals surface area contributed by atoms with E-state index >= 15 is 0 Å². The standard InChI is InChI=1S/C14H16N4O3/c1-3-6-16-13(19)8-18-14(20)10(15)7-11(17-18)12-5-4-9(2)21-12/h3-5,7H,1,6,8,15H2,2H3,(H,16,19). The molecular formula is C14H16N4O3.